The van der Waals surface area contributed by atoms with E-state index in [-0.39, 0.29) is 5.91 Å². The van der Waals surface area contributed by atoms with Crippen molar-refractivity contribution in [1.82, 2.24) is 20.1 Å². The zero-order valence-corrected chi connectivity index (χ0v) is 18.5. The molecule has 158 valence electrons. The Labute approximate surface area is 182 Å². The van der Waals surface area contributed by atoms with Crippen LogP contribution in [0, 0.1) is 5.92 Å². The Kier molecular flexibility index (Phi) is 7.90. The minimum Gasteiger partial charge on any atom is -0.496 e. The zero-order valence-electron chi connectivity index (χ0n) is 17.7. The topological polar surface area (TPSA) is 69.0 Å². The first kappa shape index (κ1) is 21.9. The van der Waals surface area contributed by atoms with Gasteiger partial charge in [-0.15, -0.1) is 10.2 Å². The van der Waals surface area contributed by atoms with Gasteiger partial charge in [-0.05, 0) is 30.0 Å². The van der Waals surface area contributed by atoms with Gasteiger partial charge < -0.3 is 14.6 Å². The van der Waals surface area contributed by atoms with Gasteiger partial charge in [-0.1, -0.05) is 68.1 Å². The Hall–Kier alpha value is -2.80. The molecule has 6 nitrogen and oxygen atoms in total. The SMILES string of the molecule is COc1ccccc1C(=O)NCc1nnc(SCCc2ccccc2)n1CC(C)C. The van der Waals surface area contributed by atoms with E-state index in [0.717, 1.165) is 29.7 Å². The Balaban J connectivity index is 1.66. The first-order chi connectivity index (χ1) is 14.6. The number of carbonyl (C=O) groups is 1. The van der Waals surface area contributed by atoms with Crippen LogP contribution in [0.15, 0.2) is 59.8 Å². The number of nitrogens with zero attached hydrogens (tertiary/aromatic N) is 3. The van der Waals surface area contributed by atoms with Crippen LogP contribution >= 0.6 is 11.8 Å². The maximum absolute atomic E-state index is 12.6. The van der Waals surface area contributed by atoms with Gasteiger partial charge in [-0.3, -0.25) is 4.79 Å². The highest BCUT2D eigenvalue weighted by Crippen LogP contribution is 2.21. The summed E-state index contributed by atoms with van der Waals surface area (Å²) >= 11 is 1.70. The van der Waals surface area contributed by atoms with Crippen LogP contribution in [0.25, 0.3) is 0 Å². The fraction of sp³-hybridized carbons (Fsp3) is 0.348. The van der Waals surface area contributed by atoms with Gasteiger partial charge in [-0.25, -0.2) is 0 Å². The number of hydrogen-bond acceptors (Lipinski definition) is 5. The predicted octanol–water partition coefficient (Wildman–Crippen LogP) is 4.21. The first-order valence-electron chi connectivity index (χ1n) is 10.1. The number of carbonyl (C=O) groups excluding carboxylic acids is 1. The Morgan fingerprint density at radius 2 is 1.83 bits per heavy atom. The quantitative estimate of drug-likeness (QED) is 0.494. The van der Waals surface area contributed by atoms with Crippen LogP contribution in [-0.4, -0.2) is 33.5 Å². The maximum atomic E-state index is 12.6. The number of para-hydroxylation sites is 1. The normalized spacial score (nSPS) is 10.9. The van der Waals surface area contributed by atoms with Crippen molar-refractivity contribution in [1.29, 1.82) is 0 Å². The molecule has 0 fully saturated rings. The predicted molar refractivity (Wildman–Crippen MR) is 120 cm³/mol. The van der Waals surface area contributed by atoms with E-state index in [2.05, 4.69) is 58.2 Å². The largest absolute Gasteiger partial charge is 0.496 e. The average Bonchev–Trinajstić information content (AvgIpc) is 3.13. The molecule has 0 atom stereocenters. The number of benzene rings is 2. The summed E-state index contributed by atoms with van der Waals surface area (Å²) < 4.78 is 7.40. The molecule has 1 amide bonds. The van der Waals surface area contributed by atoms with Gasteiger partial charge >= 0.3 is 0 Å². The summed E-state index contributed by atoms with van der Waals surface area (Å²) in [5, 5.41) is 12.6. The molecule has 0 aliphatic rings. The van der Waals surface area contributed by atoms with Crippen molar-refractivity contribution in [2.24, 2.45) is 5.92 Å². The van der Waals surface area contributed by atoms with Gasteiger partial charge in [0, 0.05) is 12.3 Å². The molecule has 0 unspecified atom stereocenters. The van der Waals surface area contributed by atoms with Crippen molar-refractivity contribution in [3.63, 3.8) is 0 Å². The Morgan fingerprint density at radius 1 is 1.10 bits per heavy atom. The minimum atomic E-state index is -0.190. The number of ether oxygens (including phenoxy) is 1. The molecule has 3 aromatic rings. The summed E-state index contributed by atoms with van der Waals surface area (Å²) in [6.07, 6.45) is 0.972. The van der Waals surface area contributed by atoms with E-state index in [1.165, 1.54) is 5.56 Å². The van der Waals surface area contributed by atoms with Crippen molar-refractivity contribution in [3.05, 3.63) is 71.5 Å². The minimum absolute atomic E-state index is 0.190. The second-order valence-corrected chi connectivity index (χ2v) is 8.43. The molecule has 0 aliphatic carbocycles. The zero-order chi connectivity index (χ0) is 21.3. The van der Waals surface area contributed by atoms with Crippen LogP contribution in [0.4, 0.5) is 0 Å². The fourth-order valence-corrected chi connectivity index (χ4v) is 4.05. The van der Waals surface area contributed by atoms with E-state index in [9.17, 15) is 4.79 Å². The van der Waals surface area contributed by atoms with Crippen molar-refractivity contribution >= 4 is 17.7 Å². The number of methoxy groups -OCH3 is 1. The van der Waals surface area contributed by atoms with E-state index in [0.29, 0.717) is 23.8 Å². The van der Waals surface area contributed by atoms with Crippen LogP contribution in [0.2, 0.25) is 0 Å². The lowest BCUT2D eigenvalue weighted by Gasteiger charge is -2.13. The molecule has 0 saturated heterocycles. The van der Waals surface area contributed by atoms with Crippen LogP contribution in [-0.2, 0) is 19.5 Å². The lowest BCUT2D eigenvalue weighted by atomic mass is 10.2. The molecule has 0 spiro atoms. The van der Waals surface area contributed by atoms with E-state index in [1.807, 2.05) is 18.2 Å². The Morgan fingerprint density at radius 3 is 2.57 bits per heavy atom. The van der Waals surface area contributed by atoms with E-state index >= 15 is 0 Å². The highest BCUT2D eigenvalue weighted by molar-refractivity contribution is 7.99. The number of thioether (sulfide) groups is 1. The molecule has 1 aromatic heterocycles. The van der Waals surface area contributed by atoms with Gasteiger partial charge in [0.15, 0.2) is 11.0 Å². The highest BCUT2D eigenvalue weighted by Gasteiger charge is 2.16. The lowest BCUT2D eigenvalue weighted by Crippen LogP contribution is -2.25. The van der Waals surface area contributed by atoms with Crippen molar-refractivity contribution < 1.29 is 9.53 Å². The summed E-state index contributed by atoms with van der Waals surface area (Å²) in [6, 6.07) is 17.6. The number of rotatable bonds is 10. The molecule has 0 radical (unpaired) electrons. The van der Waals surface area contributed by atoms with E-state index in [1.54, 1.807) is 31.0 Å². The summed E-state index contributed by atoms with van der Waals surface area (Å²) in [4.78, 5) is 12.6. The van der Waals surface area contributed by atoms with E-state index < -0.39 is 0 Å². The summed E-state index contributed by atoms with van der Waals surface area (Å²) in [5.74, 6) is 2.49. The molecule has 0 saturated carbocycles. The van der Waals surface area contributed by atoms with Gasteiger partial charge in [0.2, 0.25) is 0 Å². The smallest absolute Gasteiger partial charge is 0.255 e. The molecule has 7 heteroatoms. The standard InChI is InChI=1S/C23H28N4O2S/c1-17(2)16-27-21(15-24-22(28)19-11-7-8-12-20(19)29-3)25-26-23(27)30-14-13-18-9-5-4-6-10-18/h4-12,17H,13-16H2,1-3H3,(H,24,28). The second-order valence-electron chi connectivity index (χ2n) is 7.37. The molecule has 1 N–H and O–H groups in total. The number of nitrogens with one attached hydrogen (secondary N) is 1. The fourth-order valence-electron chi connectivity index (χ4n) is 3.10. The summed E-state index contributed by atoms with van der Waals surface area (Å²) in [7, 11) is 1.56. The van der Waals surface area contributed by atoms with Gasteiger partial charge in [-0.2, -0.15) is 0 Å². The van der Waals surface area contributed by atoms with Gasteiger partial charge in [0.25, 0.3) is 5.91 Å². The molecule has 0 bridgehead atoms. The number of aryl methyl sites for hydroxylation is 1. The van der Waals surface area contributed by atoms with E-state index in [4.69, 9.17) is 4.74 Å². The highest BCUT2D eigenvalue weighted by atomic mass is 32.2. The first-order valence-corrected chi connectivity index (χ1v) is 11.1. The van der Waals surface area contributed by atoms with Crippen LogP contribution < -0.4 is 10.1 Å². The van der Waals surface area contributed by atoms with Crippen LogP contribution in [0.1, 0.15) is 35.6 Å². The number of amides is 1. The lowest BCUT2D eigenvalue weighted by molar-refractivity contribution is 0.0946. The van der Waals surface area contributed by atoms with Crippen LogP contribution in [0.5, 0.6) is 5.75 Å². The van der Waals surface area contributed by atoms with Crippen molar-refractivity contribution in [3.8, 4) is 5.75 Å². The summed E-state index contributed by atoms with van der Waals surface area (Å²) in [6.45, 7) is 5.45. The summed E-state index contributed by atoms with van der Waals surface area (Å²) in [5.41, 5.74) is 1.82. The van der Waals surface area contributed by atoms with Gasteiger partial charge in [0.1, 0.15) is 5.75 Å². The monoisotopic (exact) mass is 424 g/mol. The van der Waals surface area contributed by atoms with Crippen LogP contribution in [0.3, 0.4) is 0 Å². The molecule has 3 rings (SSSR count). The maximum Gasteiger partial charge on any atom is 0.255 e. The molecular weight excluding hydrogens is 396 g/mol. The molecule has 1 heterocycles. The second kappa shape index (κ2) is 10.8. The molecule has 30 heavy (non-hydrogen) atoms. The Bertz CT molecular complexity index is 957. The third-order valence-electron chi connectivity index (χ3n) is 4.56. The van der Waals surface area contributed by atoms with Gasteiger partial charge in [0.05, 0.1) is 19.2 Å². The van der Waals surface area contributed by atoms with Crippen molar-refractivity contribution in [2.45, 2.75) is 38.5 Å². The molecular formula is C23H28N4O2S. The average molecular weight is 425 g/mol. The third-order valence-corrected chi connectivity index (χ3v) is 5.53. The number of hydrogen-bond donors (Lipinski definition) is 1. The molecule has 0 aliphatic heterocycles. The van der Waals surface area contributed by atoms with Crippen molar-refractivity contribution in [2.75, 3.05) is 12.9 Å². The molecule has 2 aromatic carbocycles. The number of aromatic nitrogens is 3. The third kappa shape index (κ3) is 5.86.